The molecule has 2 heteroatoms. The highest BCUT2D eigenvalue weighted by Crippen LogP contribution is 2.41. The predicted octanol–water partition coefficient (Wildman–Crippen LogP) is 6.29. The maximum absolute atomic E-state index is 5.42. The number of allylic oxidation sites excluding steroid dienone is 4. The Morgan fingerprint density at radius 2 is 2.05 bits per heavy atom. The molecule has 0 saturated heterocycles. The fourth-order valence-corrected chi connectivity index (χ4v) is 3.17. The van der Waals surface area contributed by atoms with E-state index in [-0.39, 0.29) is 0 Å². The van der Waals surface area contributed by atoms with Gasteiger partial charge in [0.05, 0.1) is 5.71 Å². The predicted molar refractivity (Wildman–Crippen MR) is 97.2 cm³/mol. The second-order valence-corrected chi connectivity index (χ2v) is 7.29. The van der Waals surface area contributed by atoms with Gasteiger partial charge in [-0.15, -0.1) is 0 Å². The molecule has 0 aliphatic heterocycles. The summed E-state index contributed by atoms with van der Waals surface area (Å²) in [4.78, 5) is 5.42. The summed E-state index contributed by atoms with van der Waals surface area (Å²) in [6, 6.07) is 0. The van der Waals surface area contributed by atoms with Crippen molar-refractivity contribution in [2.45, 2.75) is 79.6 Å². The molecular formula is C20H35NO. The second-order valence-electron chi connectivity index (χ2n) is 7.29. The molecule has 126 valence electrons. The normalized spacial score (nSPS) is 22.0. The van der Waals surface area contributed by atoms with Crippen LogP contribution in [-0.2, 0) is 4.84 Å². The quantitative estimate of drug-likeness (QED) is 0.212. The standard InChI is InChI=1S/C20H35NO/c1-6-7-8-9-10-16-22-21-18(3)13-14-19-17(2)12-11-15-20(19,4)5/h12-14,19H,6-11,15-16H2,1-5H3/b14-13+,21-18+. The molecule has 0 amide bonds. The molecule has 1 unspecified atom stereocenters. The Bertz CT molecular complexity index is 404. The van der Waals surface area contributed by atoms with Crippen molar-refractivity contribution in [1.29, 1.82) is 0 Å². The van der Waals surface area contributed by atoms with E-state index >= 15 is 0 Å². The van der Waals surface area contributed by atoms with Gasteiger partial charge in [-0.05, 0) is 51.0 Å². The van der Waals surface area contributed by atoms with Gasteiger partial charge in [-0.25, -0.2) is 0 Å². The highest BCUT2D eigenvalue weighted by Gasteiger charge is 2.30. The minimum absolute atomic E-state index is 0.343. The SMILES string of the molecule is CCCCCCCO/N=C(C)/C=C/C1C(C)=CCCC1(C)C. The molecule has 0 aromatic carbocycles. The third-order valence-electron chi connectivity index (χ3n) is 4.67. The molecule has 0 spiro atoms. The average Bonchev–Trinajstić information content (AvgIpc) is 2.45. The molecule has 0 saturated carbocycles. The van der Waals surface area contributed by atoms with E-state index < -0.39 is 0 Å². The fourth-order valence-electron chi connectivity index (χ4n) is 3.17. The molecule has 0 fully saturated rings. The number of hydrogen-bond donors (Lipinski definition) is 0. The Kier molecular flexibility index (Phi) is 8.52. The van der Waals surface area contributed by atoms with Crippen LogP contribution in [0, 0.1) is 11.3 Å². The summed E-state index contributed by atoms with van der Waals surface area (Å²) in [5.41, 5.74) is 2.79. The lowest BCUT2D eigenvalue weighted by Gasteiger charge is -2.36. The van der Waals surface area contributed by atoms with E-state index in [4.69, 9.17) is 4.84 Å². The van der Waals surface area contributed by atoms with Crippen LogP contribution in [0.1, 0.15) is 79.6 Å². The third-order valence-corrected chi connectivity index (χ3v) is 4.67. The van der Waals surface area contributed by atoms with E-state index in [0.29, 0.717) is 11.3 Å². The Hall–Kier alpha value is -1.05. The zero-order valence-electron chi connectivity index (χ0n) is 15.3. The van der Waals surface area contributed by atoms with E-state index in [1.807, 2.05) is 6.92 Å². The molecule has 2 nitrogen and oxygen atoms in total. The van der Waals surface area contributed by atoms with Crippen molar-refractivity contribution < 1.29 is 4.84 Å². The van der Waals surface area contributed by atoms with Crippen LogP contribution in [0.15, 0.2) is 29.0 Å². The molecule has 22 heavy (non-hydrogen) atoms. The first-order chi connectivity index (χ1) is 10.5. The highest BCUT2D eigenvalue weighted by atomic mass is 16.6. The van der Waals surface area contributed by atoms with Gasteiger partial charge < -0.3 is 4.84 Å². The first-order valence-electron chi connectivity index (χ1n) is 8.99. The summed E-state index contributed by atoms with van der Waals surface area (Å²) in [6.07, 6.45) is 15.5. The minimum Gasteiger partial charge on any atom is -0.396 e. The molecule has 1 aliphatic carbocycles. The molecule has 1 aliphatic rings. The lowest BCUT2D eigenvalue weighted by molar-refractivity contribution is 0.139. The van der Waals surface area contributed by atoms with Crippen molar-refractivity contribution in [3.63, 3.8) is 0 Å². The number of hydrogen-bond acceptors (Lipinski definition) is 2. The van der Waals surface area contributed by atoms with Gasteiger partial charge >= 0.3 is 0 Å². The maximum Gasteiger partial charge on any atom is 0.117 e. The first kappa shape index (κ1) is 19.0. The zero-order chi connectivity index (χ0) is 16.4. The highest BCUT2D eigenvalue weighted by molar-refractivity contribution is 5.92. The molecule has 0 heterocycles. The van der Waals surface area contributed by atoms with Crippen LogP contribution in [0.4, 0.5) is 0 Å². The van der Waals surface area contributed by atoms with Crippen molar-refractivity contribution in [2.24, 2.45) is 16.5 Å². The third kappa shape index (κ3) is 6.81. The fraction of sp³-hybridized carbons (Fsp3) is 0.750. The lowest BCUT2D eigenvalue weighted by atomic mass is 9.68. The van der Waals surface area contributed by atoms with Gasteiger partial charge in [-0.1, -0.05) is 62.9 Å². The molecule has 1 atom stereocenters. The molecule has 0 bridgehead atoms. The van der Waals surface area contributed by atoms with Crippen molar-refractivity contribution in [3.05, 3.63) is 23.8 Å². The topological polar surface area (TPSA) is 21.6 Å². The zero-order valence-corrected chi connectivity index (χ0v) is 15.3. The number of oxime groups is 1. The van der Waals surface area contributed by atoms with Gasteiger partial charge in [0, 0.05) is 5.92 Å². The van der Waals surface area contributed by atoms with Crippen LogP contribution in [0.5, 0.6) is 0 Å². The Labute approximate surface area is 137 Å². The monoisotopic (exact) mass is 305 g/mol. The van der Waals surface area contributed by atoms with Gasteiger partial charge in [0.15, 0.2) is 0 Å². The maximum atomic E-state index is 5.42. The summed E-state index contributed by atoms with van der Waals surface area (Å²) in [5, 5.41) is 4.21. The van der Waals surface area contributed by atoms with Crippen molar-refractivity contribution in [2.75, 3.05) is 6.61 Å². The molecule has 0 aromatic rings. The molecule has 0 aromatic heterocycles. The van der Waals surface area contributed by atoms with Crippen LogP contribution >= 0.6 is 0 Å². The van der Waals surface area contributed by atoms with Crippen LogP contribution < -0.4 is 0 Å². The van der Waals surface area contributed by atoms with Crippen LogP contribution in [-0.4, -0.2) is 12.3 Å². The number of nitrogens with zero attached hydrogens (tertiary/aromatic N) is 1. The van der Waals surface area contributed by atoms with E-state index in [9.17, 15) is 0 Å². The largest absolute Gasteiger partial charge is 0.396 e. The Morgan fingerprint density at radius 3 is 2.73 bits per heavy atom. The first-order valence-corrected chi connectivity index (χ1v) is 8.99. The van der Waals surface area contributed by atoms with E-state index in [2.05, 4.69) is 51.1 Å². The number of unbranched alkanes of at least 4 members (excludes halogenated alkanes) is 4. The van der Waals surface area contributed by atoms with Crippen molar-refractivity contribution in [1.82, 2.24) is 0 Å². The van der Waals surface area contributed by atoms with E-state index in [0.717, 1.165) is 18.7 Å². The van der Waals surface area contributed by atoms with Gasteiger partial charge in [-0.2, -0.15) is 0 Å². The van der Waals surface area contributed by atoms with Gasteiger partial charge in [0.1, 0.15) is 6.61 Å². The lowest BCUT2D eigenvalue weighted by Crippen LogP contribution is -2.26. The average molecular weight is 306 g/mol. The van der Waals surface area contributed by atoms with Crippen LogP contribution in [0.2, 0.25) is 0 Å². The van der Waals surface area contributed by atoms with Crippen molar-refractivity contribution in [3.8, 4) is 0 Å². The number of rotatable bonds is 9. The van der Waals surface area contributed by atoms with Gasteiger partial charge in [0.2, 0.25) is 0 Å². The summed E-state index contributed by atoms with van der Waals surface area (Å²) in [7, 11) is 0. The minimum atomic E-state index is 0.343. The second kappa shape index (κ2) is 9.86. The molecule has 0 radical (unpaired) electrons. The Morgan fingerprint density at radius 1 is 1.32 bits per heavy atom. The molecule has 1 rings (SSSR count). The molecule has 0 N–H and O–H groups in total. The molecular weight excluding hydrogens is 270 g/mol. The Balaban J connectivity index is 2.36. The smallest absolute Gasteiger partial charge is 0.117 e. The summed E-state index contributed by atoms with van der Waals surface area (Å²) in [5.74, 6) is 0.514. The summed E-state index contributed by atoms with van der Waals surface area (Å²) >= 11 is 0. The van der Waals surface area contributed by atoms with E-state index in [1.165, 1.54) is 44.1 Å². The van der Waals surface area contributed by atoms with Gasteiger partial charge in [-0.3, -0.25) is 0 Å². The van der Waals surface area contributed by atoms with Gasteiger partial charge in [0.25, 0.3) is 0 Å². The van der Waals surface area contributed by atoms with E-state index in [1.54, 1.807) is 0 Å². The van der Waals surface area contributed by atoms with Crippen LogP contribution in [0.25, 0.3) is 0 Å². The van der Waals surface area contributed by atoms with Crippen LogP contribution in [0.3, 0.4) is 0 Å². The van der Waals surface area contributed by atoms with Crippen molar-refractivity contribution >= 4 is 5.71 Å². The summed E-state index contributed by atoms with van der Waals surface area (Å²) < 4.78 is 0. The summed E-state index contributed by atoms with van der Waals surface area (Å²) in [6.45, 7) is 12.0.